The minimum absolute atomic E-state index is 0.365. The van der Waals surface area contributed by atoms with Crippen LogP contribution in [0.5, 0.6) is 0 Å². The van der Waals surface area contributed by atoms with E-state index >= 15 is 0 Å². The van der Waals surface area contributed by atoms with Gasteiger partial charge in [0.15, 0.2) is 0 Å². The molecule has 1 unspecified atom stereocenters. The average molecular weight is 271 g/mol. The molecule has 1 nitrogen and oxygen atoms in total. The van der Waals surface area contributed by atoms with Crippen molar-refractivity contribution in [1.82, 2.24) is 5.32 Å². The molecular weight excluding hydrogens is 250 g/mol. The first-order valence-corrected chi connectivity index (χ1v) is 8.16. The van der Waals surface area contributed by atoms with Gasteiger partial charge in [-0.3, -0.25) is 0 Å². The fraction of sp³-hybridized carbons (Fsp3) is 0.412. The highest BCUT2D eigenvalue weighted by Gasteiger charge is 2.20. The summed E-state index contributed by atoms with van der Waals surface area (Å²) in [6.45, 7) is 0. The van der Waals surface area contributed by atoms with Crippen molar-refractivity contribution in [3.63, 3.8) is 0 Å². The minimum Gasteiger partial charge on any atom is -0.303 e. The Kier molecular flexibility index (Phi) is 4.31. The summed E-state index contributed by atoms with van der Waals surface area (Å²) in [4.78, 5) is 1.43. The molecule has 2 heteroatoms. The molecule has 1 N–H and O–H groups in total. The van der Waals surface area contributed by atoms with Crippen molar-refractivity contribution < 1.29 is 0 Å². The van der Waals surface area contributed by atoms with Crippen molar-refractivity contribution in [3.05, 3.63) is 58.3 Å². The molecule has 0 bridgehead atoms. The van der Waals surface area contributed by atoms with Crippen LogP contribution < -0.4 is 5.32 Å². The zero-order valence-corrected chi connectivity index (χ0v) is 12.0. The predicted molar refractivity (Wildman–Crippen MR) is 82.6 cm³/mol. The number of rotatable bonds is 4. The zero-order valence-electron chi connectivity index (χ0n) is 11.2. The summed E-state index contributed by atoms with van der Waals surface area (Å²) in [5.74, 6) is 0. The molecule has 0 spiro atoms. The molecule has 0 radical (unpaired) electrons. The highest BCUT2D eigenvalue weighted by atomic mass is 32.1. The summed E-state index contributed by atoms with van der Waals surface area (Å²) in [5, 5.41) is 6.06. The number of thiophene rings is 1. The molecule has 2 aromatic rings. The molecule has 1 heterocycles. The highest BCUT2D eigenvalue weighted by Crippen LogP contribution is 2.28. The molecule has 0 aliphatic heterocycles. The first-order valence-electron chi connectivity index (χ1n) is 7.28. The lowest BCUT2D eigenvalue weighted by molar-refractivity contribution is 0.356. The lowest BCUT2D eigenvalue weighted by atomic mass is 9.93. The molecule has 1 aliphatic carbocycles. The van der Waals surface area contributed by atoms with Crippen molar-refractivity contribution in [2.75, 3.05) is 0 Å². The second-order valence-electron chi connectivity index (χ2n) is 5.36. The molecule has 0 amide bonds. The van der Waals surface area contributed by atoms with E-state index in [4.69, 9.17) is 0 Å². The van der Waals surface area contributed by atoms with Gasteiger partial charge < -0.3 is 5.32 Å². The quantitative estimate of drug-likeness (QED) is 0.845. The molecule has 19 heavy (non-hydrogen) atoms. The van der Waals surface area contributed by atoms with Crippen LogP contribution in [0.25, 0.3) is 0 Å². The Morgan fingerprint density at radius 2 is 1.74 bits per heavy atom. The molecule has 100 valence electrons. The Bertz CT molecular complexity index is 471. The van der Waals surface area contributed by atoms with Crippen LogP contribution in [0.15, 0.2) is 47.8 Å². The lowest BCUT2D eigenvalue weighted by Crippen LogP contribution is -2.34. The Morgan fingerprint density at radius 1 is 0.947 bits per heavy atom. The standard InChI is InChI=1S/C17H21NS/c1-3-8-14(9-4-1)17(16-12-7-13-19-16)18-15-10-5-2-6-11-15/h1,3-4,7-9,12-13,15,17-18H,2,5-6,10-11H2. The van der Waals surface area contributed by atoms with E-state index < -0.39 is 0 Å². The summed E-state index contributed by atoms with van der Waals surface area (Å²) >= 11 is 1.85. The molecule has 1 aromatic carbocycles. The largest absolute Gasteiger partial charge is 0.303 e. The van der Waals surface area contributed by atoms with Crippen molar-refractivity contribution in [2.45, 2.75) is 44.2 Å². The van der Waals surface area contributed by atoms with Gasteiger partial charge in [0, 0.05) is 10.9 Å². The van der Waals surface area contributed by atoms with Crippen LogP contribution in [-0.4, -0.2) is 6.04 Å². The molecule has 1 fully saturated rings. The van der Waals surface area contributed by atoms with Crippen LogP contribution >= 0.6 is 11.3 Å². The number of nitrogens with one attached hydrogen (secondary N) is 1. The number of benzene rings is 1. The molecule has 3 rings (SSSR count). The van der Waals surface area contributed by atoms with Gasteiger partial charge in [-0.2, -0.15) is 0 Å². The Labute approximate surface area is 119 Å². The van der Waals surface area contributed by atoms with Crippen LogP contribution in [0.4, 0.5) is 0 Å². The number of hydrogen-bond acceptors (Lipinski definition) is 2. The first-order chi connectivity index (χ1) is 9.43. The normalized spacial score (nSPS) is 18.3. The van der Waals surface area contributed by atoms with E-state index in [0.29, 0.717) is 12.1 Å². The Balaban J connectivity index is 1.80. The Hall–Kier alpha value is -1.12. The van der Waals surface area contributed by atoms with Crippen LogP contribution in [0.3, 0.4) is 0 Å². The maximum absolute atomic E-state index is 3.89. The summed E-state index contributed by atoms with van der Waals surface area (Å²) < 4.78 is 0. The Morgan fingerprint density at radius 3 is 2.42 bits per heavy atom. The van der Waals surface area contributed by atoms with Crippen LogP contribution in [0.1, 0.15) is 48.6 Å². The third-order valence-electron chi connectivity index (χ3n) is 3.97. The fourth-order valence-electron chi connectivity index (χ4n) is 2.95. The third-order valence-corrected chi connectivity index (χ3v) is 4.91. The SMILES string of the molecule is c1ccc(C(NC2CCCCC2)c2cccs2)cc1. The second-order valence-corrected chi connectivity index (χ2v) is 6.34. The molecule has 1 atom stereocenters. The van der Waals surface area contributed by atoms with Crippen LogP contribution in [-0.2, 0) is 0 Å². The number of hydrogen-bond donors (Lipinski definition) is 1. The van der Waals surface area contributed by atoms with Crippen molar-refractivity contribution >= 4 is 11.3 Å². The van der Waals surface area contributed by atoms with E-state index in [-0.39, 0.29) is 0 Å². The van der Waals surface area contributed by atoms with Gasteiger partial charge in [-0.05, 0) is 29.9 Å². The lowest BCUT2D eigenvalue weighted by Gasteiger charge is -2.28. The van der Waals surface area contributed by atoms with Gasteiger partial charge in [0.25, 0.3) is 0 Å². The minimum atomic E-state index is 0.365. The van der Waals surface area contributed by atoms with Gasteiger partial charge in [0.2, 0.25) is 0 Å². The maximum atomic E-state index is 3.89. The van der Waals surface area contributed by atoms with Crippen molar-refractivity contribution in [1.29, 1.82) is 0 Å². The first kappa shape index (κ1) is 12.9. The van der Waals surface area contributed by atoms with Gasteiger partial charge >= 0.3 is 0 Å². The van der Waals surface area contributed by atoms with E-state index in [2.05, 4.69) is 53.2 Å². The molecule has 1 aromatic heterocycles. The van der Waals surface area contributed by atoms with Gasteiger partial charge in [0.1, 0.15) is 0 Å². The van der Waals surface area contributed by atoms with E-state index in [1.165, 1.54) is 42.5 Å². The summed E-state index contributed by atoms with van der Waals surface area (Å²) in [5.41, 5.74) is 1.38. The van der Waals surface area contributed by atoms with Crippen LogP contribution in [0, 0.1) is 0 Å². The molecule has 0 saturated heterocycles. The van der Waals surface area contributed by atoms with Crippen molar-refractivity contribution in [2.24, 2.45) is 0 Å². The summed E-state index contributed by atoms with van der Waals surface area (Å²) in [6, 6.07) is 16.3. The highest BCUT2D eigenvalue weighted by molar-refractivity contribution is 7.10. The average Bonchev–Trinajstić information content (AvgIpc) is 3.01. The molecular formula is C17H21NS. The molecule has 1 aliphatic rings. The smallest absolute Gasteiger partial charge is 0.0673 e. The van der Waals surface area contributed by atoms with Crippen molar-refractivity contribution in [3.8, 4) is 0 Å². The van der Waals surface area contributed by atoms with E-state index in [1.54, 1.807) is 0 Å². The van der Waals surface area contributed by atoms with Gasteiger partial charge in [-0.25, -0.2) is 0 Å². The van der Waals surface area contributed by atoms with Gasteiger partial charge in [-0.1, -0.05) is 55.7 Å². The summed E-state index contributed by atoms with van der Waals surface area (Å²) in [6.07, 6.45) is 6.82. The van der Waals surface area contributed by atoms with E-state index in [0.717, 1.165) is 0 Å². The fourth-order valence-corrected chi connectivity index (χ4v) is 3.76. The summed E-state index contributed by atoms with van der Waals surface area (Å²) in [7, 11) is 0. The predicted octanol–water partition coefficient (Wildman–Crippen LogP) is 4.76. The molecule has 1 saturated carbocycles. The monoisotopic (exact) mass is 271 g/mol. The van der Waals surface area contributed by atoms with Crippen LogP contribution in [0.2, 0.25) is 0 Å². The third kappa shape index (κ3) is 3.26. The van der Waals surface area contributed by atoms with Gasteiger partial charge in [-0.15, -0.1) is 11.3 Å². The van der Waals surface area contributed by atoms with Gasteiger partial charge in [0.05, 0.1) is 6.04 Å². The van der Waals surface area contributed by atoms with E-state index in [1.807, 2.05) is 11.3 Å². The topological polar surface area (TPSA) is 12.0 Å². The second kappa shape index (κ2) is 6.36. The van der Waals surface area contributed by atoms with E-state index in [9.17, 15) is 0 Å². The zero-order chi connectivity index (χ0) is 12.9. The maximum Gasteiger partial charge on any atom is 0.0673 e.